The fraction of sp³-hybridized carbons (Fsp3) is 0.250. The number of non-ortho nitro benzene ring substituents is 1. The minimum absolute atomic E-state index is 0.0937. The molecule has 0 amide bonds. The van der Waals surface area contributed by atoms with E-state index in [1.165, 1.54) is 30.0 Å². The first-order valence-corrected chi connectivity index (χ1v) is 7.70. The Hall–Kier alpha value is -1.88. The summed E-state index contributed by atoms with van der Waals surface area (Å²) >= 11 is 3.43. The third kappa shape index (κ3) is 3.24. The molecular weight excluding hydrogens is 332 g/mol. The van der Waals surface area contributed by atoms with Gasteiger partial charge in [0, 0.05) is 23.2 Å². The summed E-state index contributed by atoms with van der Waals surface area (Å²) in [6.07, 6.45) is 2.52. The van der Waals surface area contributed by atoms with E-state index in [4.69, 9.17) is 0 Å². The monoisotopic (exact) mass is 346 g/mol. The number of nitro benzene ring substituents is 1. The van der Waals surface area contributed by atoms with Crippen LogP contribution in [-0.2, 0) is 6.54 Å². The van der Waals surface area contributed by atoms with Crippen LogP contribution in [0, 0.1) is 10.1 Å². The van der Waals surface area contributed by atoms with E-state index in [1.807, 2.05) is 6.07 Å². The molecule has 1 fully saturated rings. The fourth-order valence-corrected chi connectivity index (χ4v) is 2.83. The van der Waals surface area contributed by atoms with Gasteiger partial charge in [-0.15, -0.1) is 0 Å². The Labute approximate surface area is 131 Å². The third-order valence-corrected chi connectivity index (χ3v) is 4.39. The van der Waals surface area contributed by atoms with E-state index in [2.05, 4.69) is 39.4 Å². The zero-order chi connectivity index (χ0) is 14.8. The zero-order valence-corrected chi connectivity index (χ0v) is 13.0. The van der Waals surface area contributed by atoms with Crippen molar-refractivity contribution in [3.63, 3.8) is 0 Å². The standard InChI is InChI=1S/C16H15BrN2O2/c17-15-8-7-13(19(20)21)9-16(15)18-10-12-3-1-2-4-14(12)11-5-6-11/h1-4,7-9,11,18H,5-6,10H2. The lowest BCUT2D eigenvalue weighted by Crippen LogP contribution is -2.03. The van der Waals surface area contributed by atoms with Gasteiger partial charge in [0.25, 0.3) is 5.69 Å². The molecule has 0 unspecified atom stereocenters. The molecule has 1 N–H and O–H groups in total. The van der Waals surface area contributed by atoms with E-state index in [0.717, 1.165) is 10.2 Å². The molecule has 0 aliphatic heterocycles. The summed E-state index contributed by atoms with van der Waals surface area (Å²) in [5, 5.41) is 14.1. The van der Waals surface area contributed by atoms with E-state index in [0.29, 0.717) is 12.5 Å². The van der Waals surface area contributed by atoms with Crippen molar-refractivity contribution in [2.45, 2.75) is 25.3 Å². The Morgan fingerprint density at radius 3 is 2.71 bits per heavy atom. The fourth-order valence-electron chi connectivity index (χ4n) is 2.44. The third-order valence-electron chi connectivity index (χ3n) is 3.70. The van der Waals surface area contributed by atoms with E-state index >= 15 is 0 Å². The molecule has 0 atom stereocenters. The Kier molecular flexibility index (Phi) is 3.92. The largest absolute Gasteiger partial charge is 0.380 e. The van der Waals surface area contributed by atoms with Crippen LogP contribution in [-0.4, -0.2) is 4.92 Å². The molecule has 0 spiro atoms. The van der Waals surface area contributed by atoms with Crippen LogP contribution in [0.15, 0.2) is 46.9 Å². The van der Waals surface area contributed by atoms with Gasteiger partial charge in [0.05, 0.1) is 10.6 Å². The van der Waals surface area contributed by atoms with Gasteiger partial charge in [0.2, 0.25) is 0 Å². The van der Waals surface area contributed by atoms with E-state index in [9.17, 15) is 10.1 Å². The Bertz CT molecular complexity index is 684. The number of hydrogen-bond donors (Lipinski definition) is 1. The van der Waals surface area contributed by atoms with Crippen molar-refractivity contribution in [2.75, 3.05) is 5.32 Å². The van der Waals surface area contributed by atoms with Gasteiger partial charge >= 0.3 is 0 Å². The maximum atomic E-state index is 10.9. The van der Waals surface area contributed by atoms with Crippen LogP contribution >= 0.6 is 15.9 Å². The maximum absolute atomic E-state index is 10.9. The van der Waals surface area contributed by atoms with Crippen molar-refractivity contribution in [1.29, 1.82) is 0 Å². The molecule has 1 aliphatic rings. The Balaban J connectivity index is 1.79. The second-order valence-corrected chi connectivity index (χ2v) is 6.10. The van der Waals surface area contributed by atoms with Crippen LogP contribution in [0.2, 0.25) is 0 Å². The highest BCUT2D eigenvalue weighted by Gasteiger charge is 2.25. The second kappa shape index (κ2) is 5.85. The summed E-state index contributed by atoms with van der Waals surface area (Å²) in [6, 6.07) is 13.2. The number of nitro groups is 1. The zero-order valence-electron chi connectivity index (χ0n) is 11.4. The van der Waals surface area contributed by atoms with Crippen molar-refractivity contribution >= 4 is 27.3 Å². The minimum atomic E-state index is -0.379. The van der Waals surface area contributed by atoms with Crippen LogP contribution in [0.4, 0.5) is 11.4 Å². The summed E-state index contributed by atoms with van der Waals surface area (Å²) in [5.74, 6) is 0.691. The van der Waals surface area contributed by atoms with E-state index in [-0.39, 0.29) is 10.6 Å². The van der Waals surface area contributed by atoms with Gasteiger partial charge in [0.15, 0.2) is 0 Å². The molecule has 0 radical (unpaired) electrons. The molecule has 0 saturated heterocycles. The Morgan fingerprint density at radius 1 is 1.24 bits per heavy atom. The first-order chi connectivity index (χ1) is 10.1. The molecule has 5 heteroatoms. The number of hydrogen-bond acceptors (Lipinski definition) is 3. The number of anilines is 1. The number of nitrogens with zero attached hydrogens (tertiary/aromatic N) is 1. The van der Waals surface area contributed by atoms with Gasteiger partial charge in [0.1, 0.15) is 0 Å². The van der Waals surface area contributed by atoms with Crippen molar-refractivity contribution in [1.82, 2.24) is 0 Å². The summed E-state index contributed by atoms with van der Waals surface area (Å²) in [7, 11) is 0. The van der Waals surface area contributed by atoms with Crippen molar-refractivity contribution in [2.24, 2.45) is 0 Å². The highest BCUT2D eigenvalue weighted by atomic mass is 79.9. The van der Waals surface area contributed by atoms with Crippen LogP contribution in [0.5, 0.6) is 0 Å². The highest BCUT2D eigenvalue weighted by Crippen LogP contribution is 2.41. The lowest BCUT2D eigenvalue weighted by atomic mass is 10.0. The molecular formula is C16H15BrN2O2. The lowest BCUT2D eigenvalue weighted by molar-refractivity contribution is -0.384. The predicted octanol–water partition coefficient (Wildman–Crippen LogP) is 4.85. The molecule has 108 valence electrons. The number of nitrogens with one attached hydrogen (secondary N) is 1. The topological polar surface area (TPSA) is 55.2 Å². The van der Waals surface area contributed by atoms with E-state index < -0.39 is 0 Å². The Morgan fingerprint density at radius 2 is 2.00 bits per heavy atom. The molecule has 2 aromatic carbocycles. The summed E-state index contributed by atoms with van der Waals surface area (Å²) in [5.41, 5.74) is 3.50. The van der Waals surface area contributed by atoms with Gasteiger partial charge in [-0.25, -0.2) is 0 Å². The molecule has 0 aromatic heterocycles. The summed E-state index contributed by atoms with van der Waals surface area (Å²) in [6.45, 7) is 0.673. The molecule has 2 aromatic rings. The lowest BCUT2D eigenvalue weighted by Gasteiger charge is -2.12. The van der Waals surface area contributed by atoms with Crippen molar-refractivity contribution in [3.8, 4) is 0 Å². The van der Waals surface area contributed by atoms with Gasteiger partial charge in [-0.1, -0.05) is 24.3 Å². The van der Waals surface area contributed by atoms with Crippen LogP contribution < -0.4 is 5.32 Å². The minimum Gasteiger partial charge on any atom is -0.380 e. The maximum Gasteiger partial charge on any atom is 0.271 e. The molecule has 1 saturated carbocycles. The van der Waals surface area contributed by atoms with Crippen LogP contribution in [0.1, 0.15) is 29.9 Å². The number of rotatable bonds is 5. The quantitative estimate of drug-likeness (QED) is 0.622. The summed E-state index contributed by atoms with van der Waals surface area (Å²) < 4.78 is 0.831. The molecule has 0 bridgehead atoms. The van der Waals surface area contributed by atoms with Crippen LogP contribution in [0.3, 0.4) is 0 Å². The highest BCUT2D eigenvalue weighted by molar-refractivity contribution is 9.10. The van der Waals surface area contributed by atoms with Gasteiger partial charge < -0.3 is 5.32 Å². The molecule has 3 rings (SSSR count). The normalized spacial score (nSPS) is 14.0. The molecule has 4 nitrogen and oxygen atoms in total. The van der Waals surface area contributed by atoms with Crippen molar-refractivity contribution < 1.29 is 4.92 Å². The van der Waals surface area contributed by atoms with Crippen molar-refractivity contribution in [3.05, 3.63) is 68.2 Å². The first-order valence-electron chi connectivity index (χ1n) is 6.91. The molecule has 21 heavy (non-hydrogen) atoms. The van der Waals surface area contributed by atoms with E-state index in [1.54, 1.807) is 12.1 Å². The average molecular weight is 347 g/mol. The molecule has 0 heterocycles. The summed E-state index contributed by atoms with van der Waals surface area (Å²) in [4.78, 5) is 10.5. The van der Waals surface area contributed by atoms with Crippen LogP contribution in [0.25, 0.3) is 0 Å². The second-order valence-electron chi connectivity index (χ2n) is 5.25. The first kappa shape index (κ1) is 14.1. The van der Waals surface area contributed by atoms with Gasteiger partial charge in [-0.05, 0) is 51.9 Å². The number of benzene rings is 2. The van der Waals surface area contributed by atoms with Gasteiger partial charge in [-0.3, -0.25) is 10.1 Å². The molecule has 1 aliphatic carbocycles. The SMILES string of the molecule is O=[N+]([O-])c1ccc(Br)c(NCc2ccccc2C2CC2)c1. The average Bonchev–Trinajstić information content (AvgIpc) is 3.31. The van der Waals surface area contributed by atoms with Gasteiger partial charge in [-0.2, -0.15) is 0 Å². The smallest absolute Gasteiger partial charge is 0.271 e. The number of halogens is 1. The predicted molar refractivity (Wildman–Crippen MR) is 86.5 cm³/mol.